The van der Waals surface area contributed by atoms with Crippen LogP contribution >= 0.6 is 11.3 Å². The molecule has 0 fully saturated rings. The smallest absolute Gasteiger partial charge is 0.303 e. The van der Waals surface area contributed by atoms with Crippen LogP contribution in [0.4, 0.5) is 4.39 Å². The van der Waals surface area contributed by atoms with Crippen molar-refractivity contribution in [3.05, 3.63) is 99.3 Å². The van der Waals surface area contributed by atoms with Crippen molar-refractivity contribution in [3.63, 3.8) is 0 Å². The topological polar surface area (TPSA) is 107 Å². The Morgan fingerprint density at radius 1 is 1.07 bits per heavy atom. The van der Waals surface area contributed by atoms with Gasteiger partial charge in [0.25, 0.3) is 5.56 Å². The lowest BCUT2D eigenvalue weighted by Crippen LogP contribution is -2.24. The van der Waals surface area contributed by atoms with Gasteiger partial charge in [-0.1, -0.05) is 23.4 Å². The summed E-state index contributed by atoms with van der Waals surface area (Å²) >= 11 is 1.58. The van der Waals surface area contributed by atoms with Gasteiger partial charge in [0.2, 0.25) is 0 Å². The van der Waals surface area contributed by atoms with Crippen LogP contribution in [0.5, 0.6) is 0 Å². The zero-order valence-electron chi connectivity index (χ0n) is 21.6. The van der Waals surface area contributed by atoms with Gasteiger partial charge in [-0.05, 0) is 68.3 Å². The Morgan fingerprint density at radius 3 is 2.65 bits per heavy atom. The van der Waals surface area contributed by atoms with E-state index in [1.165, 1.54) is 28.8 Å². The van der Waals surface area contributed by atoms with Crippen molar-refractivity contribution in [3.8, 4) is 5.69 Å². The summed E-state index contributed by atoms with van der Waals surface area (Å²) in [5, 5.41) is 14.7. The molecule has 1 aliphatic rings. The quantitative estimate of drug-likeness (QED) is 0.236. The minimum absolute atomic E-state index is 0.0335. The van der Waals surface area contributed by atoms with Crippen LogP contribution in [-0.4, -0.2) is 31.3 Å². The van der Waals surface area contributed by atoms with E-state index in [1.54, 1.807) is 17.4 Å². The first-order valence-corrected chi connectivity index (χ1v) is 13.8. The number of aliphatic carboxylic acids is 1. The summed E-state index contributed by atoms with van der Waals surface area (Å²) in [4.78, 5) is 40.1. The van der Waals surface area contributed by atoms with Gasteiger partial charge in [-0.25, -0.2) is 14.4 Å². The third kappa shape index (κ3) is 4.86. The van der Waals surface area contributed by atoms with E-state index in [-0.39, 0.29) is 12.0 Å². The first-order valence-electron chi connectivity index (χ1n) is 13.0. The Morgan fingerprint density at radius 2 is 1.88 bits per heavy atom. The third-order valence-electron chi connectivity index (χ3n) is 7.01. The highest BCUT2D eigenvalue weighted by Crippen LogP contribution is 2.40. The molecule has 0 amide bonds. The summed E-state index contributed by atoms with van der Waals surface area (Å²) in [6, 6.07) is 19.0. The molecule has 0 radical (unpaired) electrons. The number of halogens is 1. The highest BCUT2D eigenvalue weighted by atomic mass is 32.1. The molecule has 3 aromatic carbocycles. The Kier molecular flexibility index (Phi) is 6.63. The number of fused-ring (bicyclic) bond motifs is 2. The number of carbonyl (C=O) groups is 1. The number of nitrogens with zero attached hydrogens (tertiary/aromatic N) is 4. The van der Waals surface area contributed by atoms with E-state index in [0.29, 0.717) is 48.1 Å². The van der Waals surface area contributed by atoms with Crippen molar-refractivity contribution < 1.29 is 19.1 Å². The summed E-state index contributed by atoms with van der Waals surface area (Å²) in [6.07, 6.45) is 1.91. The summed E-state index contributed by atoms with van der Waals surface area (Å²) in [5.74, 6) is -0.796. The van der Waals surface area contributed by atoms with Crippen molar-refractivity contribution in [2.45, 2.75) is 44.6 Å². The lowest BCUT2D eigenvalue weighted by Gasteiger charge is -2.18. The molecule has 1 aliphatic heterocycles. The van der Waals surface area contributed by atoms with E-state index in [9.17, 15) is 14.0 Å². The normalized spacial score (nSPS) is 16.8. The second kappa shape index (κ2) is 10.3. The average molecular weight is 557 g/mol. The molecule has 3 heterocycles. The molecule has 202 valence electrons. The van der Waals surface area contributed by atoms with Crippen molar-refractivity contribution in [2.24, 2.45) is 5.16 Å². The van der Waals surface area contributed by atoms with Crippen LogP contribution in [-0.2, 0) is 21.7 Å². The number of benzene rings is 3. The van der Waals surface area contributed by atoms with Gasteiger partial charge in [-0.2, -0.15) is 0 Å². The van der Waals surface area contributed by atoms with E-state index in [4.69, 9.17) is 19.9 Å². The van der Waals surface area contributed by atoms with Gasteiger partial charge in [0, 0.05) is 24.8 Å². The van der Waals surface area contributed by atoms with Crippen LogP contribution < -0.4 is 5.56 Å². The predicted molar refractivity (Wildman–Crippen MR) is 152 cm³/mol. The summed E-state index contributed by atoms with van der Waals surface area (Å²) in [7, 11) is 0. The van der Waals surface area contributed by atoms with E-state index in [1.807, 2.05) is 43.3 Å². The number of oxime groups is 1. The van der Waals surface area contributed by atoms with Crippen molar-refractivity contribution in [1.82, 2.24) is 14.5 Å². The van der Waals surface area contributed by atoms with E-state index in [2.05, 4.69) is 5.16 Å². The van der Waals surface area contributed by atoms with Gasteiger partial charge in [-0.15, -0.1) is 11.3 Å². The molecule has 0 saturated heterocycles. The second-order valence-corrected chi connectivity index (χ2v) is 11.0. The van der Waals surface area contributed by atoms with Crippen molar-refractivity contribution >= 4 is 44.1 Å². The molecule has 40 heavy (non-hydrogen) atoms. The molecule has 2 aromatic heterocycles. The van der Waals surface area contributed by atoms with Gasteiger partial charge in [0.05, 0.1) is 32.5 Å². The number of para-hydroxylation sites is 1. The predicted octanol–water partition coefficient (Wildman–Crippen LogP) is 5.97. The fourth-order valence-corrected chi connectivity index (χ4v) is 5.94. The molecule has 6 rings (SSSR count). The highest BCUT2D eigenvalue weighted by molar-refractivity contribution is 7.18. The first-order chi connectivity index (χ1) is 19.3. The van der Waals surface area contributed by atoms with Gasteiger partial charge in [0.1, 0.15) is 16.6 Å². The minimum atomic E-state index is -0.871. The zero-order valence-corrected chi connectivity index (χ0v) is 22.4. The van der Waals surface area contributed by atoms with Crippen LogP contribution in [0.25, 0.3) is 26.8 Å². The number of carboxylic acid groups (broad SMARTS) is 1. The molecule has 0 bridgehead atoms. The standard InChI is InChI=1S/C30H25FN4O4S/c1-30(29-33-22-6-2-3-7-25(22)40-29)17-24(34-39-30)18-10-15-21-23(16-18)32-26(8-4-5-9-27(36)37)35(28(21)38)20-13-11-19(31)12-14-20/h2-3,6-7,10-16H,4-5,8-9,17H2,1H3,(H,36,37)/t30-/m1/s1. The number of rotatable bonds is 8. The van der Waals surface area contributed by atoms with E-state index < -0.39 is 17.4 Å². The third-order valence-corrected chi connectivity index (χ3v) is 8.29. The molecular formula is C30H25FN4O4S. The molecule has 1 atom stereocenters. The minimum Gasteiger partial charge on any atom is -0.481 e. The van der Waals surface area contributed by atoms with Crippen molar-refractivity contribution in [2.75, 3.05) is 0 Å². The van der Waals surface area contributed by atoms with Gasteiger partial charge >= 0.3 is 5.97 Å². The molecule has 10 heteroatoms. The average Bonchev–Trinajstić information content (AvgIpc) is 3.57. The maximum Gasteiger partial charge on any atom is 0.303 e. The molecule has 0 spiro atoms. The molecule has 8 nitrogen and oxygen atoms in total. The van der Waals surface area contributed by atoms with Gasteiger partial charge in [0.15, 0.2) is 5.60 Å². The number of aromatic nitrogens is 3. The Labute approximate surface area is 232 Å². The molecule has 0 aliphatic carbocycles. The Hall–Kier alpha value is -4.44. The van der Waals surface area contributed by atoms with Crippen LogP contribution in [0.2, 0.25) is 0 Å². The van der Waals surface area contributed by atoms with Gasteiger partial charge < -0.3 is 9.94 Å². The number of carboxylic acids is 1. The maximum atomic E-state index is 13.7. The fourth-order valence-electron chi connectivity index (χ4n) is 4.90. The number of hydrogen-bond acceptors (Lipinski definition) is 7. The Bertz CT molecular complexity index is 1810. The van der Waals surface area contributed by atoms with Crippen LogP contribution in [0.15, 0.2) is 76.7 Å². The number of aryl methyl sites for hydroxylation is 1. The van der Waals surface area contributed by atoms with E-state index >= 15 is 0 Å². The SMILES string of the molecule is C[C@]1(c2nc3ccccc3s2)CC(c2ccc3c(=O)n(-c4ccc(F)cc4)c(CCCCC(=O)O)nc3c2)=NO1. The van der Waals surface area contributed by atoms with Crippen LogP contribution in [0.1, 0.15) is 49.0 Å². The van der Waals surface area contributed by atoms with Crippen LogP contribution in [0, 0.1) is 5.82 Å². The monoisotopic (exact) mass is 556 g/mol. The summed E-state index contributed by atoms with van der Waals surface area (Å²) in [6.45, 7) is 1.97. The molecule has 0 saturated carbocycles. The molecular weight excluding hydrogens is 531 g/mol. The number of unbranched alkanes of at least 4 members (excludes halogenated alkanes) is 1. The fraction of sp³-hybridized carbons (Fsp3) is 0.233. The number of thiazole rings is 1. The lowest BCUT2D eigenvalue weighted by molar-refractivity contribution is -0.137. The molecule has 5 aromatic rings. The molecule has 1 N–H and O–H groups in total. The maximum absolute atomic E-state index is 13.7. The largest absolute Gasteiger partial charge is 0.481 e. The summed E-state index contributed by atoms with van der Waals surface area (Å²) in [5.41, 5.74) is 2.47. The number of hydrogen-bond donors (Lipinski definition) is 1. The molecule has 0 unspecified atom stereocenters. The second-order valence-electron chi connectivity index (χ2n) is 10.0. The van der Waals surface area contributed by atoms with E-state index in [0.717, 1.165) is 26.5 Å². The lowest BCUT2D eigenvalue weighted by atomic mass is 9.96. The highest BCUT2D eigenvalue weighted by Gasteiger charge is 2.39. The van der Waals surface area contributed by atoms with Crippen molar-refractivity contribution in [1.29, 1.82) is 0 Å². The van der Waals surface area contributed by atoms with Gasteiger partial charge in [-0.3, -0.25) is 14.2 Å². The summed E-state index contributed by atoms with van der Waals surface area (Å²) < 4.78 is 16.2. The zero-order chi connectivity index (χ0) is 27.9. The Balaban J connectivity index is 1.34. The van der Waals surface area contributed by atoms with Crippen LogP contribution in [0.3, 0.4) is 0 Å². The first kappa shape index (κ1) is 25.8.